The molecule has 152 valence electrons. The molecule has 1 aliphatic heterocycles. The number of hydrogen-bond acceptors (Lipinski definition) is 6. The van der Waals surface area contributed by atoms with Crippen molar-refractivity contribution in [1.82, 2.24) is 9.62 Å². The second kappa shape index (κ2) is 8.32. The number of nitrogens with zero attached hydrogens (tertiary/aromatic N) is 1. The highest BCUT2D eigenvalue weighted by Crippen LogP contribution is 2.28. The van der Waals surface area contributed by atoms with Crippen molar-refractivity contribution in [1.29, 1.82) is 0 Å². The Morgan fingerprint density at radius 3 is 2.75 bits per heavy atom. The standard InChI is InChI=1S/C18H22N2O5S3/c1-2-27(22,23)11-8-19-18(21)14-4-3-5-16(12-14)28(24,25)20-9-6-17-15(13-20)7-10-26-17/h3-5,7,10,12H,2,6,8-9,11,13H2,1H3,(H,19,21). The zero-order valence-electron chi connectivity index (χ0n) is 15.4. The van der Waals surface area contributed by atoms with E-state index in [4.69, 9.17) is 0 Å². The first-order valence-corrected chi connectivity index (χ1v) is 13.0. The predicted octanol–water partition coefficient (Wildman–Crippen LogP) is 1.66. The van der Waals surface area contributed by atoms with Gasteiger partial charge in [0.2, 0.25) is 10.0 Å². The molecule has 1 aromatic carbocycles. The summed E-state index contributed by atoms with van der Waals surface area (Å²) in [6.07, 6.45) is 0.679. The van der Waals surface area contributed by atoms with Crippen LogP contribution < -0.4 is 5.32 Å². The van der Waals surface area contributed by atoms with E-state index in [1.165, 1.54) is 33.4 Å². The molecule has 7 nitrogen and oxygen atoms in total. The van der Waals surface area contributed by atoms with Gasteiger partial charge in [-0.1, -0.05) is 13.0 Å². The van der Waals surface area contributed by atoms with Crippen LogP contribution in [0.25, 0.3) is 0 Å². The van der Waals surface area contributed by atoms with E-state index in [-0.39, 0.29) is 28.5 Å². The van der Waals surface area contributed by atoms with Crippen LogP contribution in [0.3, 0.4) is 0 Å². The van der Waals surface area contributed by atoms with Crippen LogP contribution in [-0.4, -0.2) is 51.6 Å². The van der Waals surface area contributed by atoms with Crippen LogP contribution in [0.5, 0.6) is 0 Å². The minimum atomic E-state index is -3.72. The minimum absolute atomic E-state index is 0.0122. The third-order valence-electron chi connectivity index (χ3n) is 4.65. The maximum Gasteiger partial charge on any atom is 0.251 e. The second-order valence-corrected chi connectivity index (χ2v) is 11.9. The van der Waals surface area contributed by atoms with E-state index in [9.17, 15) is 21.6 Å². The van der Waals surface area contributed by atoms with Crippen molar-refractivity contribution in [3.8, 4) is 0 Å². The van der Waals surface area contributed by atoms with E-state index in [0.717, 1.165) is 5.56 Å². The summed E-state index contributed by atoms with van der Waals surface area (Å²) < 4.78 is 50.4. The van der Waals surface area contributed by atoms with Crippen LogP contribution in [0.15, 0.2) is 40.6 Å². The van der Waals surface area contributed by atoms with Gasteiger partial charge in [-0.3, -0.25) is 4.79 Å². The number of benzene rings is 1. The van der Waals surface area contributed by atoms with E-state index in [1.54, 1.807) is 18.3 Å². The van der Waals surface area contributed by atoms with E-state index < -0.39 is 25.8 Å². The highest BCUT2D eigenvalue weighted by molar-refractivity contribution is 7.91. The third-order valence-corrected chi connectivity index (χ3v) is 9.22. The van der Waals surface area contributed by atoms with Gasteiger partial charge in [-0.15, -0.1) is 11.3 Å². The summed E-state index contributed by atoms with van der Waals surface area (Å²) >= 11 is 1.63. The lowest BCUT2D eigenvalue weighted by Gasteiger charge is -2.26. The number of hydrogen-bond donors (Lipinski definition) is 1. The van der Waals surface area contributed by atoms with Gasteiger partial charge in [0.1, 0.15) is 0 Å². The Hall–Kier alpha value is -1.75. The van der Waals surface area contributed by atoms with Crippen molar-refractivity contribution in [2.24, 2.45) is 0 Å². The molecule has 0 saturated carbocycles. The Bertz CT molecular complexity index is 1070. The van der Waals surface area contributed by atoms with Gasteiger partial charge in [0, 0.05) is 35.8 Å². The van der Waals surface area contributed by atoms with Gasteiger partial charge in [0.15, 0.2) is 9.84 Å². The lowest BCUT2D eigenvalue weighted by molar-refractivity contribution is 0.0956. The lowest BCUT2D eigenvalue weighted by Crippen LogP contribution is -2.35. The zero-order chi connectivity index (χ0) is 20.4. The summed E-state index contributed by atoms with van der Waals surface area (Å²) in [6.45, 7) is 2.26. The van der Waals surface area contributed by atoms with Crippen LogP contribution in [-0.2, 0) is 32.8 Å². The predicted molar refractivity (Wildman–Crippen MR) is 109 cm³/mol. The highest BCUT2D eigenvalue weighted by Gasteiger charge is 2.29. The normalized spacial score (nSPS) is 15.2. The molecule has 2 heterocycles. The van der Waals surface area contributed by atoms with Crippen molar-refractivity contribution in [2.75, 3.05) is 24.6 Å². The summed E-state index contributed by atoms with van der Waals surface area (Å²) in [4.78, 5) is 13.6. The van der Waals surface area contributed by atoms with Gasteiger partial charge in [-0.25, -0.2) is 16.8 Å². The first-order chi connectivity index (χ1) is 13.2. The Morgan fingerprint density at radius 2 is 2.00 bits per heavy atom. The van der Waals surface area contributed by atoms with Crippen LogP contribution in [0.4, 0.5) is 0 Å². The number of carbonyl (C=O) groups is 1. The molecule has 0 unspecified atom stereocenters. The van der Waals surface area contributed by atoms with Gasteiger partial charge in [0.05, 0.1) is 10.6 Å². The molecular weight excluding hydrogens is 420 g/mol. The Labute approximate surface area is 169 Å². The molecule has 0 spiro atoms. The number of sulfone groups is 1. The Balaban J connectivity index is 1.72. The molecule has 0 bridgehead atoms. The van der Waals surface area contributed by atoms with Crippen molar-refractivity contribution in [2.45, 2.75) is 24.8 Å². The van der Waals surface area contributed by atoms with Crippen LogP contribution in [0.1, 0.15) is 27.7 Å². The lowest BCUT2D eigenvalue weighted by atomic mass is 10.1. The molecule has 3 rings (SSSR count). The topological polar surface area (TPSA) is 101 Å². The van der Waals surface area contributed by atoms with Crippen molar-refractivity contribution in [3.63, 3.8) is 0 Å². The number of thiophene rings is 1. The summed E-state index contributed by atoms with van der Waals surface area (Å²) in [7, 11) is -6.90. The van der Waals surface area contributed by atoms with Crippen molar-refractivity contribution < 1.29 is 21.6 Å². The molecule has 28 heavy (non-hydrogen) atoms. The first-order valence-electron chi connectivity index (χ1n) is 8.87. The molecule has 1 amide bonds. The maximum atomic E-state index is 13.0. The summed E-state index contributed by atoms with van der Waals surface area (Å²) in [6, 6.07) is 7.77. The molecule has 2 aromatic rings. The molecule has 0 saturated heterocycles. The summed E-state index contributed by atoms with van der Waals surface area (Å²) in [5.41, 5.74) is 1.20. The van der Waals surface area contributed by atoms with Crippen molar-refractivity contribution in [3.05, 3.63) is 51.7 Å². The molecule has 1 aromatic heterocycles. The van der Waals surface area contributed by atoms with Crippen LogP contribution >= 0.6 is 11.3 Å². The van der Waals surface area contributed by atoms with E-state index in [2.05, 4.69) is 5.32 Å². The monoisotopic (exact) mass is 442 g/mol. The van der Waals surface area contributed by atoms with Gasteiger partial charge in [0.25, 0.3) is 5.91 Å². The average molecular weight is 443 g/mol. The third kappa shape index (κ3) is 4.62. The van der Waals surface area contributed by atoms with Crippen molar-refractivity contribution >= 4 is 37.1 Å². The highest BCUT2D eigenvalue weighted by atomic mass is 32.2. The molecule has 1 aliphatic rings. The number of amides is 1. The van der Waals surface area contributed by atoms with Gasteiger partial charge in [-0.05, 0) is 41.6 Å². The van der Waals surface area contributed by atoms with E-state index >= 15 is 0 Å². The first kappa shape index (κ1) is 21.0. The number of nitrogens with one attached hydrogen (secondary N) is 1. The summed E-state index contributed by atoms with van der Waals surface area (Å²) in [5.74, 6) is -0.635. The quantitative estimate of drug-likeness (QED) is 0.703. The van der Waals surface area contributed by atoms with Gasteiger partial charge < -0.3 is 5.32 Å². The fraction of sp³-hybridized carbons (Fsp3) is 0.389. The molecule has 0 atom stereocenters. The molecule has 0 fully saturated rings. The number of fused-ring (bicyclic) bond motifs is 1. The zero-order valence-corrected chi connectivity index (χ0v) is 17.9. The smallest absolute Gasteiger partial charge is 0.251 e. The number of sulfonamides is 1. The van der Waals surface area contributed by atoms with Gasteiger partial charge >= 0.3 is 0 Å². The maximum absolute atomic E-state index is 13.0. The largest absolute Gasteiger partial charge is 0.351 e. The van der Waals surface area contributed by atoms with E-state index in [0.29, 0.717) is 19.5 Å². The van der Waals surface area contributed by atoms with Gasteiger partial charge in [-0.2, -0.15) is 4.31 Å². The number of rotatable bonds is 7. The van der Waals surface area contributed by atoms with Crippen LogP contribution in [0.2, 0.25) is 0 Å². The molecule has 1 N–H and O–H groups in total. The van der Waals surface area contributed by atoms with Crippen LogP contribution in [0, 0.1) is 0 Å². The molecular formula is C18H22N2O5S3. The number of carbonyl (C=O) groups excluding carboxylic acids is 1. The molecule has 0 aliphatic carbocycles. The fourth-order valence-corrected chi connectivity index (χ4v) is 6.00. The summed E-state index contributed by atoms with van der Waals surface area (Å²) in [5, 5.41) is 4.49. The van der Waals surface area contributed by atoms with E-state index in [1.807, 2.05) is 11.4 Å². The second-order valence-electron chi connectivity index (χ2n) is 6.48. The molecule has 10 heteroatoms. The SMILES string of the molecule is CCS(=O)(=O)CCNC(=O)c1cccc(S(=O)(=O)N2CCc3sccc3C2)c1. The average Bonchev–Trinajstić information content (AvgIpc) is 3.15. The molecule has 0 radical (unpaired) electrons. The minimum Gasteiger partial charge on any atom is -0.351 e. The Kier molecular flexibility index (Phi) is 6.23. The fourth-order valence-electron chi connectivity index (χ4n) is 2.94. The Morgan fingerprint density at radius 1 is 1.21 bits per heavy atom.